The molecule has 0 radical (unpaired) electrons. The van der Waals surface area contributed by atoms with Crippen molar-refractivity contribution in [2.45, 2.75) is 23.8 Å². The number of anilines is 1. The monoisotopic (exact) mass is 440 g/mol. The van der Waals surface area contributed by atoms with Gasteiger partial charge in [0.05, 0.1) is 29.2 Å². The second-order valence-electron chi connectivity index (χ2n) is 8.44. The first-order valence-electron chi connectivity index (χ1n) is 10.8. The van der Waals surface area contributed by atoms with Crippen molar-refractivity contribution in [1.29, 1.82) is 0 Å². The van der Waals surface area contributed by atoms with Crippen LogP contribution in [0.4, 0.5) is 5.69 Å². The molecule has 2 fully saturated rings. The van der Waals surface area contributed by atoms with Crippen molar-refractivity contribution < 1.29 is 8.42 Å². The van der Waals surface area contributed by atoms with Crippen LogP contribution < -0.4 is 10.2 Å². The van der Waals surface area contributed by atoms with Crippen molar-refractivity contribution >= 4 is 21.2 Å². The normalized spacial score (nSPS) is 19.2. The average molecular weight is 441 g/mol. The maximum atomic E-state index is 11.9. The maximum absolute atomic E-state index is 11.9. The van der Waals surface area contributed by atoms with E-state index in [-0.39, 0.29) is 0 Å². The number of nitrogens with zero attached hydrogens (tertiary/aromatic N) is 5. The molecular weight excluding hydrogens is 412 g/mol. The molecule has 2 aliphatic heterocycles. The molecule has 31 heavy (non-hydrogen) atoms. The Labute approximate surface area is 182 Å². The largest absolute Gasteiger partial charge is 0.366 e. The van der Waals surface area contributed by atoms with Gasteiger partial charge in [-0.3, -0.25) is 4.90 Å². The zero-order chi connectivity index (χ0) is 21.4. The molecule has 3 aromatic rings. The summed E-state index contributed by atoms with van der Waals surface area (Å²) in [6.45, 7) is 6.38. The molecule has 2 aromatic heterocycles. The van der Waals surface area contributed by atoms with Crippen LogP contribution in [-0.4, -0.2) is 79.5 Å². The summed E-state index contributed by atoms with van der Waals surface area (Å²) in [7, 11) is -3.27. The van der Waals surface area contributed by atoms with E-state index in [0.717, 1.165) is 61.7 Å². The lowest BCUT2D eigenvalue weighted by atomic mass is 10.0. The summed E-state index contributed by atoms with van der Waals surface area (Å²) in [5, 5.41) is 7.94. The predicted octanol–water partition coefficient (Wildman–Crippen LogP) is 1.67. The quantitative estimate of drug-likeness (QED) is 0.661. The fourth-order valence-corrected chi connectivity index (χ4v) is 5.31. The van der Waals surface area contributed by atoms with Crippen LogP contribution in [0.25, 0.3) is 16.8 Å². The van der Waals surface area contributed by atoms with Gasteiger partial charge < -0.3 is 10.2 Å². The van der Waals surface area contributed by atoms with Crippen molar-refractivity contribution in [3.63, 3.8) is 0 Å². The molecule has 0 atom stereocenters. The summed E-state index contributed by atoms with van der Waals surface area (Å²) in [5.74, 6) is 0. The number of rotatable bonds is 4. The molecule has 2 saturated heterocycles. The molecule has 2 aliphatic rings. The van der Waals surface area contributed by atoms with Crippen LogP contribution in [0, 0.1) is 0 Å². The minimum Gasteiger partial charge on any atom is -0.366 e. The summed E-state index contributed by atoms with van der Waals surface area (Å²) < 4.78 is 25.6. The van der Waals surface area contributed by atoms with Crippen LogP contribution in [0.1, 0.15) is 12.8 Å². The molecule has 9 heteroatoms. The fourth-order valence-electron chi connectivity index (χ4n) is 4.64. The number of hydrogen-bond donors (Lipinski definition) is 1. The molecule has 1 aromatic carbocycles. The van der Waals surface area contributed by atoms with Gasteiger partial charge in [-0.05, 0) is 43.6 Å². The van der Waals surface area contributed by atoms with Crippen molar-refractivity contribution in [1.82, 2.24) is 24.8 Å². The first-order chi connectivity index (χ1) is 15.0. The smallest absolute Gasteiger partial charge is 0.175 e. The molecule has 0 saturated carbocycles. The first-order valence-corrected chi connectivity index (χ1v) is 12.7. The fraction of sp³-hybridized carbons (Fsp3) is 0.455. The van der Waals surface area contributed by atoms with Gasteiger partial charge in [0.15, 0.2) is 15.5 Å². The van der Waals surface area contributed by atoms with Crippen LogP contribution in [0.5, 0.6) is 0 Å². The molecule has 164 valence electrons. The van der Waals surface area contributed by atoms with Gasteiger partial charge in [-0.1, -0.05) is 12.1 Å². The molecule has 0 amide bonds. The Morgan fingerprint density at radius 1 is 1.06 bits per heavy atom. The minimum absolute atomic E-state index is 0.299. The third-order valence-electron chi connectivity index (χ3n) is 6.42. The van der Waals surface area contributed by atoms with Crippen molar-refractivity contribution in [2.75, 3.05) is 50.4 Å². The van der Waals surface area contributed by atoms with Gasteiger partial charge in [0.25, 0.3) is 0 Å². The van der Waals surface area contributed by atoms with Gasteiger partial charge in [0.1, 0.15) is 0 Å². The zero-order valence-corrected chi connectivity index (χ0v) is 18.6. The number of piperazine rings is 1. The number of aromatic nitrogens is 3. The third-order valence-corrected chi connectivity index (χ3v) is 7.53. The van der Waals surface area contributed by atoms with E-state index in [4.69, 9.17) is 0 Å². The van der Waals surface area contributed by atoms with E-state index in [0.29, 0.717) is 10.9 Å². The highest BCUT2D eigenvalue weighted by molar-refractivity contribution is 7.90. The van der Waals surface area contributed by atoms with Crippen LogP contribution in [0.15, 0.2) is 47.8 Å². The minimum atomic E-state index is -3.27. The van der Waals surface area contributed by atoms with E-state index in [1.807, 2.05) is 18.5 Å². The maximum Gasteiger partial charge on any atom is 0.175 e. The number of sulfone groups is 1. The van der Waals surface area contributed by atoms with Gasteiger partial charge >= 0.3 is 0 Å². The Hall–Kier alpha value is -2.49. The zero-order valence-electron chi connectivity index (χ0n) is 17.7. The molecule has 1 N–H and O–H groups in total. The van der Waals surface area contributed by atoms with Crippen molar-refractivity contribution in [2.24, 2.45) is 0 Å². The molecule has 8 nitrogen and oxygen atoms in total. The van der Waals surface area contributed by atoms with Crippen LogP contribution in [0.2, 0.25) is 0 Å². The van der Waals surface area contributed by atoms with Crippen LogP contribution in [-0.2, 0) is 9.84 Å². The number of benzene rings is 1. The van der Waals surface area contributed by atoms with Crippen molar-refractivity contribution in [3.05, 3.63) is 42.9 Å². The average Bonchev–Trinajstić information content (AvgIpc) is 3.23. The third kappa shape index (κ3) is 4.17. The van der Waals surface area contributed by atoms with Crippen LogP contribution in [0.3, 0.4) is 0 Å². The van der Waals surface area contributed by atoms with E-state index in [2.05, 4.69) is 25.2 Å². The predicted molar refractivity (Wildman–Crippen MR) is 121 cm³/mol. The lowest BCUT2D eigenvalue weighted by Crippen LogP contribution is -2.52. The lowest BCUT2D eigenvalue weighted by Gasteiger charge is -2.41. The highest BCUT2D eigenvalue weighted by Crippen LogP contribution is 2.27. The lowest BCUT2D eigenvalue weighted by molar-refractivity contribution is 0.153. The Morgan fingerprint density at radius 3 is 2.58 bits per heavy atom. The molecule has 5 rings (SSSR count). The molecule has 4 heterocycles. The van der Waals surface area contributed by atoms with E-state index in [1.54, 1.807) is 28.9 Å². The van der Waals surface area contributed by atoms with Crippen molar-refractivity contribution in [3.8, 4) is 11.1 Å². The molecule has 0 aliphatic carbocycles. The van der Waals surface area contributed by atoms with Gasteiger partial charge in [0, 0.05) is 44.0 Å². The Kier molecular flexibility index (Phi) is 5.41. The Bertz CT molecular complexity index is 1180. The number of fused-ring (bicyclic) bond motifs is 1. The molecule has 0 spiro atoms. The summed E-state index contributed by atoms with van der Waals surface area (Å²) in [5.41, 5.74) is 3.42. The topological polar surface area (TPSA) is 82.8 Å². The number of piperidine rings is 1. The van der Waals surface area contributed by atoms with Gasteiger partial charge in [0.2, 0.25) is 0 Å². The summed E-state index contributed by atoms with van der Waals surface area (Å²) in [6, 6.07) is 7.65. The second kappa shape index (κ2) is 8.22. The van der Waals surface area contributed by atoms with E-state index in [9.17, 15) is 8.42 Å². The first kappa shape index (κ1) is 20.4. The summed E-state index contributed by atoms with van der Waals surface area (Å²) in [4.78, 5) is 9.98. The number of nitrogens with one attached hydrogen (secondary N) is 1. The highest BCUT2D eigenvalue weighted by atomic mass is 32.2. The summed E-state index contributed by atoms with van der Waals surface area (Å²) in [6.07, 6.45) is 9.38. The second-order valence-corrected chi connectivity index (χ2v) is 10.5. The SMILES string of the molecule is CS(=O)(=O)c1cccc(-c2cnn3cc(N4CCN(C5CCNCC5)CC4)cnc23)c1. The van der Waals surface area contributed by atoms with E-state index < -0.39 is 9.84 Å². The standard InChI is InChI=1S/C22H28N6O2S/c1-31(29,30)20-4-2-3-17(13-20)21-15-25-28-16-19(14-24-22(21)28)27-11-9-26(10-12-27)18-5-7-23-8-6-18/h2-4,13-16,18,23H,5-12H2,1H3. The highest BCUT2D eigenvalue weighted by Gasteiger charge is 2.25. The van der Waals surface area contributed by atoms with E-state index >= 15 is 0 Å². The van der Waals surface area contributed by atoms with Gasteiger partial charge in [-0.25, -0.2) is 17.9 Å². The van der Waals surface area contributed by atoms with Gasteiger partial charge in [-0.15, -0.1) is 0 Å². The molecule has 0 unspecified atom stereocenters. The summed E-state index contributed by atoms with van der Waals surface area (Å²) >= 11 is 0. The molecule has 0 bridgehead atoms. The van der Waals surface area contributed by atoms with E-state index in [1.165, 1.54) is 19.1 Å². The number of hydrogen-bond acceptors (Lipinski definition) is 7. The van der Waals surface area contributed by atoms with Gasteiger partial charge in [-0.2, -0.15) is 5.10 Å². The molecular formula is C22H28N6O2S. The van der Waals surface area contributed by atoms with Crippen LogP contribution >= 0.6 is 0 Å². The Balaban J connectivity index is 1.34. The Morgan fingerprint density at radius 2 is 1.84 bits per heavy atom.